The first kappa shape index (κ1) is 18.7. The summed E-state index contributed by atoms with van der Waals surface area (Å²) in [6.45, 7) is 0. The molecule has 6 nitrogen and oxygen atoms in total. The summed E-state index contributed by atoms with van der Waals surface area (Å²) in [5.41, 5.74) is 5.61. The largest absolute Gasteiger partial charge is 0.496 e. The Labute approximate surface area is 161 Å². The SMILES string of the molecule is COc1ccccc1C=CC=NNC(=O)CSc1[nH]c2ccccc2[n+]1C. The summed E-state index contributed by atoms with van der Waals surface area (Å²) >= 11 is 1.43. The standard InChI is InChI=1S/C20H20N4O2S/c1-24-17-11-5-4-10-16(17)22-20(24)27-14-19(25)23-21-13-7-9-15-8-3-6-12-18(15)26-2/h3-13H,14H2,1-2H3,(H,23,25)/p+1. The summed E-state index contributed by atoms with van der Waals surface area (Å²) in [6.07, 6.45) is 5.16. The van der Waals surface area contributed by atoms with Gasteiger partial charge in [-0.05, 0) is 42.1 Å². The fraction of sp³-hybridized carbons (Fsp3) is 0.150. The minimum atomic E-state index is -0.166. The third kappa shape index (κ3) is 4.77. The molecule has 1 amide bonds. The smallest absolute Gasteiger partial charge is 0.317 e. The summed E-state index contributed by atoms with van der Waals surface area (Å²) in [7, 11) is 3.60. The van der Waals surface area contributed by atoms with Crippen molar-refractivity contribution in [2.75, 3.05) is 12.9 Å². The molecule has 138 valence electrons. The first-order valence-electron chi connectivity index (χ1n) is 8.40. The summed E-state index contributed by atoms with van der Waals surface area (Å²) < 4.78 is 7.31. The van der Waals surface area contributed by atoms with Crippen molar-refractivity contribution in [1.29, 1.82) is 0 Å². The van der Waals surface area contributed by atoms with Crippen LogP contribution in [0.5, 0.6) is 5.75 Å². The number of methoxy groups -OCH3 is 1. The van der Waals surface area contributed by atoms with Crippen LogP contribution in [0.4, 0.5) is 0 Å². The molecule has 7 heteroatoms. The van der Waals surface area contributed by atoms with E-state index in [1.165, 1.54) is 18.0 Å². The van der Waals surface area contributed by atoms with Gasteiger partial charge in [0.2, 0.25) is 0 Å². The third-order valence-corrected chi connectivity index (χ3v) is 4.97. The van der Waals surface area contributed by atoms with Crippen molar-refractivity contribution < 1.29 is 14.1 Å². The number of amides is 1. The van der Waals surface area contributed by atoms with Crippen molar-refractivity contribution in [3.05, 3.63) is 60.2 Å². The first-order valence-corrected chi connectivity index (χ1v) is 9.38. The van der Waals surface area contributed by atoms with Crippen molar-refractivity contribution in [3.8, 4) is 5.75 Å². The van der Waals surface area contributed by atoms with Crippen LogP contribution in [0.1, 0.15) is 5.56 Å². The molecular weight excluding hydrogens is 360 g/mol. The molecule has 0 atom stereocenters. The van der Waals surface area contributed by atoms with E-state index in [9.17, 15) is 4.79 Å². The summed E-state index contributed by atoms with van der Waals surface area (Å²) in [5, 5.41) is 4.86. The lowest BCUT2D eigenvalue weighted by Gasteiger charge is -2.02. The van der Waals surface area contributed by atoms with Crippen LogP contribution in [0.3, 0.4) is 0 Å². The van der Waals surface area contributed by atoms with E-state index in [0.29, 0.717) is 0 Å². The number of aryl methyl sites for hydroxylation is 1. The average molecular weight is 381 g/mol. The molecule has 27 heavy (non-hydrogen) atoms. The normalized spacial score (nSPS) is 11.5. The fourth-order valence-electron chi connectivity index (χ4n) is 2.58. The zero-order valence-electron chi connectivity index (χ0n) is 15.2. The third-order valence-electron chi connectivity index (χ3n) is 3.92. The van der Waals surface area contributed by atoms with Gasteiger partial charge in [0.25, 0.3) is 5.91 Å². The monoisotopic (exact) mass is 381 g/mol. The molecule has 0 bridgehead atoms. The molecule has 0 spiro atoms. The molecule has 0 aliphatic heterocycles. The number of ether oxygens (including phenoxy) is 1. The van der Waals surface area contributed by atoms with E-state index in [0.717, 1.165) is 27.5 Å². The van der Waals surface area contributed by atoms with E-state index >= 15 is 0 Å². The lowest BCUT2D eigenvalue weighted by Crippen LogP contribution is -2.30. The highest BCUT2D eigenvalue weighted by Gasteiger charge is 2.16. The molecule has 0 saturated carbocycles. The molecular formula is C20H21N4O2S+. The second kappa shape index (κ2) is 9.05. The van der Waals surface area contributed by atoms with Gasteiger partial charge in [0.15, 0.2) is 11.0 Å². The van der Waals surface area contributed by atoms with E-state index in [1.54, 1.807) is 13.2 Å². The number of aromatic nitrogens is 2. The zero-order valence-corrected chi connectivity index (χ0v) is 16.0. The van der Waals surface area contributed by atoms with Crippen LogP contribution in [0, 0.1) is 0 Å². The predicted molar refractivity (Wildman–Crippen MR) is 109 cm³/mol. The Balaban J connectivity index is 1.50. The van der Waals surface area contributed by atoms with Crippen molar-refractivity contribution in [2.45, 2.75) is 5.16 Å². The topological polar surface area (TPSA) is 70.4 Å². The number of fused-ring (bicyclic) bond motifs is 1. The molecule has 1 heterocycles. The number of hydrogen-bond acceptors (Lipinski definition) is 4. The highest BCUT2D eigenvalue weighted by Crippen LogP contribution is 2.18. The van der Waals surface area contributed by atoms with E-state index in [1.807, 2.05) is 66.2 Å². The van der Waals surface area contributed by atoms with Gasteiger partial charge in [-0.2, -0.15) is 5.10 Å². The van der Waals surface area contributed by atoms with Gasteiger partial charge in [-0.15, -0.1) is 0 Å². The van der Waals surface area contributed by atoms with Crippen LogP contribution in [0.2, 0.25) is 0 Å². The second-order valence-corrected chi connectivity index (χ2v) is 6.67. The summed E-state index contributed by atoms with van der Waals surface area (Å²) in [6, 6.07) is 15.7. The van der Waals surface area contributed by atoms with Crippen molar-refractivity contribution >= 4 is 41.0 Å². The molecule has 0 aliphatic rings. The Morgan fingerprint density at radius 3 is 2.85 bits per heavy atom. The van der Waals surface area contributed by atoms with Crippen LogP contribution in [0.25, 0.3) is 17.1 Å². The number of aromatic amines is 1. The fourth-order valence-corrected chi connectivity index (χ4v) is 3.39. The Morgan fingerprint density at radius 2 is 2.04 bits per heavy atom. The Hall–Kier alpha value is -3.06. The molecule has 3 aromatic rings. The van der Waals surface area contributed by atoms with E-state index < -0.39 is 0 Å². The minimum Gasteiger partial charge on any atom is -0.496 e. The number of H-pyrrole nitrogens is 1. The number of allylic oxidation sites excluding steroid dienone is 1. The number of rotatable bonds is 7. The molecule has 0 aliphatic carbocycles. The maximum Gasteiger partial charge on any atom is 0.317 e. The zero-order chi connectivity index (χ0) is 19.1. The molecule has 1 aromatic heterocycles. The van der Waals surface area contributed by atoms with Gasteiger partial charge in [0.05, 0.1) is 19.9 Å². The van der Waals surface area contributed by atoms with Crippen LogP contribution in [-0.2, 0) is 11.8 Å². The minimum absolute atomic E-state index is 0.166. The van der Waals surface area contributed by atoms with Gasteiger partial charge < -0.3 is 4.74 Å². The maximum atomic E-state index is 12.0. The highest BCUT2D eigenvalue weighted by molar-refractivity contribution is 7.99. The number of nitrogens with one attached hydrogen (secondary N) is 2. The average Bonchev–Trinajstić information content (AvgIpc) is 3.02. The highest BCUT2D eigenvalue weighted by atomic mass is 32.2. The van der Waals surface area contributed by atoms with Crippen LogP contribution < -0.4 is 14.7 Å². The Bertz CT molecular complexity index is 995. The maximum absolute atomic E-state index is 12.0. The number of hydrazone groups is 1. The van der Waals surface area contributed by atoms with Gasteiger partial charge in [0, 0.05) is 11.8 Å². The number of para-hydroxylation sites is 3. The quantitative estimate of drug-likeness (QED) is 0.286. The number of carbonyl (C=O) groups is 1. The number of benzene rings is 2. The lowest BCUT2D eigenvalue weighted by atomic mass is 10.2. The molecule has 3 rings (SSSR count). The first-order chi connectivity index (χ1) is 13.2. The van der Waals surface area contributed by atoms with Crippen LogP contribution in [-0.4, -0.2) is 30.0 Å². The Morgan fingerprint density at radius 1 is 1.26 bits per heavy atom. The molecule has 0 unspecified atom stereocenters. The van der Waals surface area contributed by atoms with Gasteiger partial charge in [-0.25, -0.2) is 15.0 Å². The second-order valence-electron chi connectivity index (χ2n) is 5.71. The van der Waals surface area contributed by atoms with E-state index in [-0.39, 0.29) is 11.7 Å². The number of nitrogens with zero attached hydrogens (tertiary/aromatic N) is 2. The molecule has 0 fully saturated rings. The Kier molecular flexibility index (Phi) is 6.27. The van der Waals surface area contributed by atoms with Gasteiger partial charge in [0.1, 0.15) is 5.75 Å². The van der Waals surface area contributed by atoms with Gasteiger partial charge >= 0.3 is 5.16 Å². The molecule has 0 saturated heterocycles. The van der Waals surface area contributed by atoms with Crippen LogP contribution >= 0.6 is 11.8 Å². The van der Waals surface area contributed by atoms with Crippen molar-refractivity contribution in [2.24, 2.45) is 12.1 Å². The summed E-state index contributed by atoms with van der Waals surface area (Å²) in [4.78, 5) is 15.3. The number of imidazole rings is 1. The van der Waals surface area contributed by atoms with Gasteiger partial charge in [-0.1, -0.05) is 30.3 Å². The number of thioether (sulfide) groups is 1. The lowest BCUT2D eigenvalue weighted by molar-refractivity contribution is -0.683. The van der Waals surface area contributed by atoms with E-state index in [4.69, 9.17) is 4.74 Å². The number of hydrogen-bond donors (Lipinski definition) is 2. The predicted octanol–water partition coefficient (Wildman–Crippen LogP) is 2.91. The van der Waals surface area contributed by atoms with Crippen molar-refractivity contribution in [3.63, 3.8) is 0 Å². The van der Waals surface area contributed by atoms with Gasteiger partial charge in [-0.3, -0.25) is 4.79 Å². The van der Waals surface area contributed by atoms with Crippen LogP contribution in [0.15, 0.2) is 64.9 Å². The molecule has 2 aromatic carbocycles. The molecule has 2 N–H and O–H groups in total. The summed E-state index contributed by atoms with van der Waals surface area (Å²) in [5.74, 6) is 0.892. The number of carbonyl (C=O) groups excluding carboxylic acids is 1. The van der Waals surface area contributed by atoms with Crippen molar-refractivity contribution in [1.82, 2.24) is 10.4 Å². The molecule has 0 radical (unpaired) electrons. The van der Waals surface area contributed by atoms with E-state index in [2.05, 4.69) is 15.5 Å².